The van der Waals surface area contributed by atoms with Crippen molar-refractivity contribution in [3.8, 4) is 0 Å². The average molecular weight is 596 g/mol. The lowest BCUT2D eigenvalue weighted by Crippen LogP contribution is -2.42. The molecule has 1 aliphatic rings. The van der Waals surface area contributed by atoms with Crippen molar-refractivity contribution in [3.05, 3.63) is 70.2 Å². The molecule has 0 aliphatic carbocycles. The van der Waals surface area contributed by atoms with E-state index in [-0.39, 0.29) is 30.4 Å². The molecule has 12 heteroatoms. The molecular formula is C26H28ClN2O6S3+. The fraction of sp³-hybridized carbons (Fsp3) is 0.346. The summed E-state index contributed by atoms with van der Waals surface area (Å²) in [4.78, 5) is 2.25. The second kappa shape index (κ2) is 10.7. The molecular weight excluding hydrogens is 568 g/mol. The Labute approximate surface area is 231 Å². The Hall–Kier alpha value is -2.28. The molecule has 0 fully saturated rings. The Balaban J connectivity index is 1.51. The molecule has 2 N–H and O–H groups in total. The molecule has 1 unspecified atom stereocenters. The van der Waals surface area contributed by atoms with Gasteiger partial charge in [-0.25, -0.2) is 0 Å². The third kappa shape index (κ3) is 6.13. The van der Waals surface area contributed by atoms with Crippen molar-refractivity contribution in [2.24, 2.45) is 0 Å². The van der Waals surface area contributed by atoms with Crippen molar-refractivity contribution in [1.29, 1.82) is 0 Å². The minimum absolute atomic E-state index is 0.0357. The molecule has 0 spiro atoms. The maximum absolute atomic E-state index is 11.4. The highest BCUT2D eigenvalue weighted by Gasteiger charge is 2.34. The molecule has 0 radical (unpaired) electrons. The summed E-state index contributed by atoms with van der Waals surface area (Å²) in [7, 11) is -8.15. The molecule has 4 aromatic rings. The van der Waals surface area contributed by atoms with E-state index in [1.165, 1.54) is 5.56 Å². The largest absolute Gasteiger partial charge is 0.367 e. The van der Waals surface area contributed by atoms with Gasteiger partial charge in [-0.3, -0.25) is 9.11 Å². The predicted molar refractivity (Wildman–Crippen MR) is 152 cm³/mol. The van der Waals surface area contributed by atoms with Crippen LogP contribution in [-0.4, -0.2) is 50.0 Å². The van der Waals surface area contributed by atoms with Crippen LogP contribution in [-0.2, 0) is 39.6 Å². The minimum Gasteiger partial charge on any atom is -0.367 e. The van der Waals surface area contributed by atoms with Crippen molar-refractivity contribution < 1.29 is 30.5 Å². The van der Waals surface area contributed by atoms with Crippen LogP contribution in [0.3, 0.4) is 0 Å². The zero-order chi connectivity index (χ0) is 27.1. The van der Waals surface area contributed by atoms with E-state index in [0.717, 1.165) is 38.1 Å². The average Bonchev–Trinajstić information content (AvgIpc) is 3.35. The summed E-state index contributed by atoms with van der Waals surface area (Å²) in [6.07, 6.45) is 1.96. The number of aromatic nitrogens is 1. The number of hydrogen-bond acceptors (Lipinski definition) is 6. The van der Waals surface area contributed by atoms with Gasteiger partial charge in [0.2, 0.25) is 10.5 Å². The highest BCUT2D eigenvalue weighted by Crippen LogP contribution is 2.40. The van der Waals surface area contributed by atoms with Crippen molar-refractivity contribution in [2.45, 2.75) is 38.3 Å². The molecule has 3 aromatic carbocycles. The van der Waals surface area contributed by atoms with E-state index < -0.39 is 20.2 Å². The summed E-state index contributed by atoms with van der Waals surface area (Å²) in [6, 6.07) is 18.0. The Morgan fingerprint density at radius 1 is 0.974 bits per heavy atom. The normalized spacial score (nSPS) is 16.0. The first-order valence-electron chi connectivity index (χ1n) is 12.3. The van der Waals surface area contributed by atoms with Crippen LogP contribution in [0.2, 0.25) is 5.02 Å². The van der Waals surface area contributed by atoms with Gasteiger partial charge in [-0.05, 0) is 35.9 Å². The third-order valence-electron chi connectivity index (χ3n) is 6.90. The maximum atomic E-state index is 11.4. The SMILES string of the molecule is O=S(=O)(O)CCCN1c2c(ccc3ccccc23)CC1Cc1sc2ccc(Cl)cc2[n+]1CCCS(=O)(=O)O. The molecule has 0 amide bonds. The van der Waals surface area contributed by atoms with Gasteiger partial charge < -0.3 is 4.90 Å². The summed E-state index contributed by atoms with van der Waals surface area (Å²) in [5.74, 6) is -0.646. The van der Waals surface area contributed by atoms with Gasteiger partial charge >= 0.3 is 0 Å². The Morgan fingerprint density at radius 3 is 2.47 bits per heavy atom. The molecule has 202 valence electrons. The van der Waals surface area contributed by atoms with Gasteiger partial charge in [-0.2, -0.15) is 21.4 Å². The number of fused-ring (bicyclic) bond motifs is 4. The monoisotopic (exact) mass is 595 g/mol. The molecule has 5 rings (SSSR count). The smallest absolute Gasteiger partial charge is 0.265 e. The highest BCUT2D eigenvalue weighted by molar-refractivity contribution is 7.86. The van der Waals surface area contributed by atoms with Gasteiger partial charge in [-0.1, -0.05) is 59.3 Å². The van der Waals surface area contributed by atoms with Gasteiger partial charge in [-0.15, -0.1) is 0 Å². The van der Waals surface area contributed by atoms with Crippen LogP contribution in [0.4, 0.5) is 5.69 Å². The van der Waals surface area contributed by atoms with Crippen LogP contribution in [0.1, 0.15) is 23.4 Å². The first-order chi connectivity index (χ1) is 18.0. The Kier molecular flexibility index (Phi) is 7.69. The zero-order valence-electron chi connectivity index (χ0n) is 20.5. The van der Waals surface area contributed by atoms with Crippen molar-refractivity contribution in [3.63, 3.8) is 0 Å². The van der Waals surface area contributed by atoms with Gasteiger partial charge in [0.05, 0.1) is 17.9 Å². The van der Waals surface area contributed by atoms with Crippen molar-refractivity contribution >= 4 is 69.9 Å². The molecule has 38 heavy (non-hydrogen) atoms. The molecule has 1 aliphatic heterocycles. The summed E-state index contributed by atoms with van der Waals surface area (Å²) in [6.45, 7) is 0.867. The lowest BCUT2D eigenvalue weighted by atomic mass is 10.0. The van der Waals surface area contributed by atoms with Gasteiger partial charge in [0.25, 0.3) is 20.2 Å². The fourth-order valence-corrected chi connectivity index (χ4v) is 7.75. The number of rotatable bonds is 10. The first kappa shape index (κ1) is 27.3. The molecule has 1 aromatic heterocycles. The number of thiazole rings is 1. The standard InChI is InChI=1S/C26H27ClN2O6S3/c27-20-9-10-24-23(16-20)29(12-4-14-38(33,34)35)25(36-24)17-21-15-19-8-7-18-5-1-2-6-22(18)26(19)28(21)11-3-13-37(30,31)32/h1-2,5-10,16,21H,3-4,11-15,17H2,(H-,30,31,32,33,34,35)/p+1. The van der Waals surface area contributed by atoms with E-state index in [1.54, 1.807) is 11.3 Å². The molecule has 0 saturated carbocycles. The van der Waals surface area contributed by atoms with Crippen LogP contribution in [0.25, 0.3) is 21.0 Å². The number of aryl methyl sites for hydroxylation is 1. The second-order valence-corrected chi connectivity index (χ2v) is 14.3. The second-order valence-electron chi connectivity index (χ2n) is 9.59. The van der Waals surface area contributed by atoms with Crippen molar-refractivity contribution in [1.82, 2.24) is 0 Å². The molecule has 0 saturated heterocycles. The van der Waals surface area contributed by atoms with E-state index in [9.17, 15) is 25.9 Å². The first-order valence-corrected chi connectivity index (χ1v) is 16.7. The lowest BCUT2D eigenvalue weighted by molar-refractivity contribution is -0.674. The van der Waals surface area contributed by atoms with Crippen LogP contribution in [0.15, 0.2) is 54.6 Å². The molecule has 0 bridgehead atoms. The zero-order valence-corrected chi connectivity index (χ0v) is 23.7. The molecule has 2 heterocycles. The predicted octanol–water partition coefficient (Wildman–Crippen LogP) is 4.53. The Bertz CT molecular complexity index is 1720. The molecule has 1 atom stereocenters. The topological polar surface area (TPSA) is 116 Å². The highest BCUT2D eigenvalue weighted by atomic mass is 35.5. The van der Waals surface area contributed by atoms with Crippen LogP contribution >= 0.6 is 22.9 Å². The Morgan fingerprint density at radius 2 is 1.71 bits per heavy atom. The quantitative estimate of drug-likeness (QED) is 0.204. The number of benzene rings is 3. The number of anilines is 1. The number of nitrogens with zero attached hydrogens (tertiary/aromatic N) is 2. The van der Waals surface area contributed by atoms with Gasteiger partial charge in [0, 0.05) is 41.2 Å². The van der Waals surface area contributed by atoms with Crippen LogP contribution < -0.4 is 9.47 Å². The van der Waals surface area contributed by atoms with Crippen molar-refractivity contribution in [2.75, 3.05) is 23.0 Å². The number of hydrogen-bond donors (Lipinski definition) is 2. The lowest BCUT2D eigenvalue weighted by Gasteiger charge is -2.27. The van der Waals surface area contributed by atoms with E-state index in [0.29, 0.717) is 24.5 Å². The van der Waals surface area contributed by atoms with E-state index >= 15 is 0 Å². The van der Waals surface area contributed by atoms with E-state index in [4.69, 9.17) is 11.6 Å². The van der Waals surface area contributed by atoms with Crippen LogP contribution in [0, 0.1) is 0 Å². The molecule has 8 nitrogen and oxygen atoms in total. The summed E-state index contributed by atoms with van der Waals surface area (Å²) < 4.78 is 67.2. The summed E-state index contributed by atoms with van der Waals surface area (Å²) in [5, 5.41) is 3.82. The maximum Gasteiger partial charge on any atom is 0.265 e. The van der Waals surface area contributed by atoms with Crippen LogP contribution in [0.5, 0.6) is 0 Å². The number of halogens is 1. The van der Waals surface area contributed by atoms with E-state index in [2.05, 4.69) is 33.7 Å². The fourth-order valence-electron chi connectivity index (χ4n) is 5.35. The van der Waals surface area contributed by atoms with Gasteiger partial charge in [0.1, 0.15) is 4.70 Å². The minimum atomic E-state index is -4.08. The third-order valence-corrected chi connectivity index (χ3v) is 9.94. The summed E-state index contributed by atoms with van der Waals surface area (Å²) >= 11 is 7.91. The summed E-state index contributed by atoms with van der Waals surface area (Å²) in [5.41, 5.74) is 3.18. The van der Waals surface area contributed by atoms with Gasteiger partial charge in [0.15, 0.2) is 6.54 Å². The van der Waals surface area contributed by atoms with E-state index in [1.807, 2.05) is 30.3 Å².